The highest BCUT2D eigenvalue weighted by Gasteiger charge is 2.13. The number of pyridine rings is 2. The zero-order chi connectivity index (χ0) is 23.9. The van der Waals surface area contributed by atoms with Crippen molar-refractivity contribution in [2.24, 2.45) is 0 Å². The summed E-state index contributed by atoms with van der Waals surface area (Å²) < 4.78 is 4.53. The van der Waals surface area contributed by atoms with Gasteiger partial charge in [-0.2, -0.15) is 9.13 Å². The van der Waals surface area contributed by atoms with Gasteiger partial charge in [0.05, 0.1) is 22.1 Å². The molecule has 0 saturated carbocycles. The first-order chi connectivity index (χ1) is 16.5. The lowest BCUT2D eigenvalue weighted by Gasteiger charge is -2.05. The van der Waals surface area contributed by atoms with Gasteiger partial charge >= 0.3 is 0 Å². The van der Waals surface area contributed by atoms with Crippen molar-refractivity contribution in [1.29, 1.82) is 0 Å². The van der Waals surface area contributed by atoms with Gasteiger partial charge in [-0.15, -0.1) is 0 Å². The average molecular weight is 751 g/mol. The number of benzene rings is 2. The monoisotopic (exact) mass is 750 g/mol. The third-order valence-electron chi connectivity index (χ3n) is 6.58. The molecule has 4 nitrogen and oxygen atoms in total. The predicted octanol–water partition coefficient (Wildman–Crippen LogP) is 0.868. The van der Waals surface area contributed by atoms with Gasteiger partial charge in [-0.3, -0.25) is 0 Å². The molecule has 8 heteroatoms. The van der Waals surface area contributed by atoms with Crippen LogP contribution in [0.3, 0.4) is 0 Å². The van der Waals surface area contributed by atoms with Crippen molar-refractivity contribution in [3.63, 3.8) is 0 Å². The van der Waals surface area contributed by atoms with Crippen LogP contribution in [0.4, 0.5) is 11.4 Å². The van der Waals surface area contributed by atoms with E-state index in [1.165, 1.54) is 51.4 Å². The number of aromatic nitrogens is 2. The second-order valence-electron chi connectivity index (χ2n) is 9.08. The van der Waals surface area contributed by atoms with Gasteiger partial charge in [-0.25, -0.2) is 0 Å². The number of hydrogen-bond donors (Lipinski definition) is 2. The summed E-state index contributed by atoms with van der Waals surface area (Å²) in [6.07, 6.45) is 14.1. The molecule has 0 spiro atoms. The highest BCUT2D eigenvalue weighted by Crippen LogP contribution is 2.22. The minimum absolute atomic E-state index is 0. The second-order valence-corrected chi connectivity index (χ2v) is 9.95. The first kappa shape index (κ1) is 31.1. The molecule has 2 heterocycles. The molecular weight excluding hydrogens is 717 g/mol. The maximum absolute atomic E-state index is 6.20. The standard InChI is InChI=1S/C28H32Cl2N4.2HI/c29-21-9-11-23-25(31)13-17-33(27(23)19-21)15-7-5-3-1-2-4-6-8-16-34-18-14-26(32)24-12-10-22(30)20-28(24)34;;/h9-14,17-20,31-32H,1-8,15-16H2;2*1H. The molecule has 194 valence electrons. The Balaban J connectivity index is 0.00000228. The number of nitrogens with two attached hydrogens (primary N) is 2. The van der Waals surface area contributed by atoms with Gasteiger partial charge in [0.25, 0.3) is 0 Å². The van der Waals surface area contributed by atoms with Crippen molar-refractivity contribution in [3.8, 4) is 0 Å². The lowest BCUT2D eigenvalue weighted by Crippen LogP contribution is -3.00. The average Bonchev–Trinajstić information content (AvgIpc) is 2.82. The zero-order valence-corrected chi connectivity index (χ0v) is 26.2. The van der Waals surface area contributed by atoms with Crippen LogP contribution in [0.15, 0.2) is 60.9 Å². The summed E-state index contributed by atoms with van der Waals surface area (Å²) in [6.45, 7) is 1.99. The van der Waals surface area contributed by atoms with Crippen molar-refractivity contribution in [1.82, 2.24) is 0 Å². The first-order valence-electron chi connectivity index (χ1n) is 12.3. The van der Waals surface area contributed by atoms with Crippen LogP contribution in [-0.2, 0) is 13.1 Å². The van der Waals surface area contributed by atoms with E-state index in [2.05, 4.69) is 21.5 Å². The largest absolute Gasteiger partial charge is 1.00 e. The van der Waals surface area contributed by atoms with Crippen molar-refractivity contribution >= 4 is 56.4 Å². The lowest BCUT2D eigenvalue weighted by atomic mass is 10.1. The Bertz CT molecular complexity index is 1180. The summed E-state index contributed by atoms with van der Waals surface area (Å²) in [6, 6.07) is 15.8. The maximum Gasteiger partial charge on any atom is 0.216 e. The van der Waals surface area contributed by atoms with Gasteiger partial charge in [-0.05, 0) is 37.1 Å². The summed E-state index contributed by atoms with van der Waals surface area (Å²) in [7, 11) is 0. The molecule has 0 bridgehead atoms. The van der Waals surface area contributed by atoms with E-state index in [4.69, 9.17) is 34.7 Å². The van der Waals surface area contributed by atoms with Crippen LogP contribution in [0, 0.1) is 0 Å². The van der Waals surface area contributed by atoms with E-state index in [1.54, 1.807) is 0 Å². The van der Waals surface area contributed by atoms with Gasteiger partial charge in [0, 0.05) is 47.2 Å². The van der Waals surface area contributed by atoms with E-state index >= 15 is 0 Å². The Morgan fingerprint density at radius 1 is 0.528 bits per heavy atom. The summed E-state index contributed by atoms with van der Waals surface area (Å²) in [5.74, 6) is 0. The van der Waals surface area contributed by atoms with E-state index in [-0.39, 0.29) is 48.0 Å². The molecule has 0 aliphatic heterocycles. The highest BCUT2D eigenvalue weighted by molar-refractivity contribution is 6.31. The summed E-state index contributed by atoms with van der Waals surface area (Å²) >= 11 is 12.4. The molecule has 0 saturated heterocycles. The van der Waals surface area contributed by atoms with Crippen LogP contribution in [0.5, 0.6) is 0 Å². The Kier molecular flexibility index (Phi) is 13.3. The van der Waals surface area contributed by atoms with E-state index in [9.17, 15) is 0 Å². The molecule has 0 radical (unpaired) electrons. The molecule has 2 aromatic carbocycles. The number of fused-ring (bicyclic) bond motifs is 2. The Labute approximate surface area is 258 Å². The summed E-state index contributed by atoms with van der Waals surface area (Å²) in [5.41, 5.74) is 16.1. The van der Waals surface area contributed by atoms with Gasteiger partial charge in [0.1, 0.15) is 13.1 Å². The molecule has 0 unspecified atom stereocenters. The zero-order valence-electron chi connectivity index (χ0n) is 20.4. The fraction of sp³-hybridized carbons (Fsp3) is 0.357. The van der Waals surface area contributed by atoms with Crippen molar-refractivity contribution in [2.45, 2.75) is 64.5 Å². The van der Waals surface area contributed by atoms with E-state index in [1.807, 2.05) is 48.5 Å². The minimum atomic E-state index is 0. The molecule has 0 atom stereocenters. The van der Waals surface area contributed by atoms with Crippen LogP contribution in [0.25, 0.3) is 21.8 Å². The Morgan fingerprint density at radius 3 is 1.28 bits per heavy atom. The SMILES string of the molecule is Nc1cc[n+](CCCCCCCCCC[n+]2ccc(N)c3ccc(Cl)cc32)c2cc(Cl)ccc12.[I-].[I-]. The maximum atomic E-state index is 6.20. The molecule has 4 aromatic rings. The molecule has 0 aliphatic rings. The van der Waals surface area contributed by atoms with Crippen molar-refractivity contribution in [3.05, 3.63) is 71.0 Å². The van der Waals surface area contributed by atoms with Crippen LogP contribution in [0.2, 0.25) is 10.0 Å². The fourth-order valence-corrected chi connectivity index (χ4v) is 5.00. The van der Waals surface area contributed by atoms with Crippen LogP contribution < -0.4 is 68.6 Å². The normalized spacial score (nSPS) is 10.8. The fourth-order valence-electron chi connectivity index (χ4n) is 4.67. The number of rotatable bonds is 11. The second kappa shape index (κ2) is 15.3. The van der Waals surface area contributed by atoms with Crippen LogP contribution in [-0.4, -0.2) is 0 Å². The topological polar surface area (TPSA) is 59.8 Å². The van der Waals surface area contributed by atoms with Crippen molar-refractivity contribution < 1.29 is 57.1 Å². The van der Waals surface area contributed by atoms with Gasteiger partial charge in [-0.1, -0.05) is 48.9 Å². The number of halogens is 4. The molecule has 4 N–H and O–H groups in total. The number of anilines is 2. The van der Waals surface area contributed by atoms with Gasteiger partial charge in [0.2, 0.25) is 11.0 Å². The molecule has 0 fully saturated rings. The van der Waals surface area contributed by atoms with E-state index in [0.717, 1.165) is 56.3 Å². The van der Waals surface area contributed by atoms with Crippen molar-refractivity contribution in [2.75, 3.05) is 11.5 Å². The number of aryl methyl sites for hydroxylation is 2. The first-order valence-corrected chi connectivity index (χ1v) is 13.0. The molecule has 4 rings (SSSR count). The molecule has 0 amide bonds. The Morgan fingerprint density at radius 2 is 0.889 bits per heavy atom. The number of nitrogens with zero attached hydrogens (tertiary/aromatic N) is 2. The van der Waals surface area contributed by atoms with E-state index in [0.29, 0.717) is 0 Å². The molecule has 0 aliphatic carbocycles. The smallest absolute Gasteiger partial charge is 0.216 e. The number of unbranched alkanes of at least 4 members (excludes halogenated alkanes) is 7. The summed E-state index contributed by atoms with van der Waals surface area (Å²) in [4.78, 5) is 0. The highest BCUT2D eigenvalue weighted by atomic mass is 127. The predicted molar refractivity (Wildman–Crippen MR) is 144 cm³/mol. The van der Waals surface area contributed by atoms with Crippen LogP contribution in [0.1, 0.15) is 51.4 Å². The lowest BCUT2D eigenvalue weighted by molar-refractivity contribution is -0.672. The minimum Gasteiger partial charge on any atom is -1.00 e. The quantitative estimate of drug-likeness (QED) is 0.136. The Hall–Kier alpha value is -1.10. The third-order valence-corrected chi connectivity index (χ3v) is 7.05. The summed E-state index contributed by atoms with van der Waals surface area (Å²) in [5, 5.41) is 3.64. The molecular formula is C28H34Cl2I2N4. The van der Waals surface area contributed by atoms with Gasteiger partial charge < -0.3 is 59.4 Å². The number of nitrogen functional groups attached to an aromatic ring is 2. The third kappa shape index (κ3) is 8.20. The van der Waals surface area contributed by atoms with Gasteiger partial charge in [0.15, 0.2) is 12.4 Å². The number of hydrogen-bond acceptors (Lipinski definition) is 2. The van der Waals surface area contributed by atoms with Crippen LogP contribution >= 0.6 is 23.2 Å². The molecule has 2 aromatic heterocycles. The molecule has 36 heavy (non-hydrogen) atoms. The van der Waals surface area contributed by atoms with E-state index < -0.39 is 0 Å².